The Morgan fingerprint density at radius 3 is 2.57 bits per heavy atom. The van der Waals surface area contributed by atoms with Gasteiger partial charge in [-0.2, -0.15) is 0 Å². The molecule has 0 aromatic heterocycles. The molecule has 2 atom stereocenters. The van der Waals surface area contributed by atoms with E-state index >= 15 is 0 Å². The lowest BCUT2D eigenvalue weighted by Crippen LogP contribution is -2.45. The van der Waals surface area contributed by atoms with Crippen molar-refractivity contribution in [3.8, 4) is 0 Å². The van der Waals surface area contributed by atoms with E-state index in [0.717, 1.165) is 18.9 Å². The van der Waals surface area contributed by atoms with E-state index in [1.165, 1.54) is 12.8 Å². The number of hydrogen-bond acceptors (Lipinski definition) is 2. The van der Waals surface area contributed by atoms with E-state index in [-0.39, 0.29) is 18.0 Å². The van der Waals surface area contributed by atoms with Crippen LogP contribution in [0.2, 0.25) is 0 Å². The van der Waals surface area contributed by atoms with Crippen molar-refractivity contribution in [3.05, 3.63) is 0 Å². The molecule has 1 rings (SSSR count). The topological polar surface area (TPSA) is 41.1 Å². The van der Waals surface area contributed by atoms with Crippen LogP contribution in [0.25, 0.3) is 0 Å². The maximum absolute atomic E-state index is 11.6. The second-order valence-electron chi connectivity index (χ2n) is 4.39. The number of carbonyl (C=O) groups excluding carboxylic acids is 1. The van der Waals surface area contributed by atoms with Crippen LogP contribution in [0.15, 0.2) is 0 Å². The van der Waals surface area contributed by atoms with Crippen LogP contribution in [0.1, 0.15) is 40.0 Å². The van der Waals surface area contributed by atoms with E-state index in [1.807, 2.05) is 13.8 Å². The molecule has 3 heteroatoms. The molecule has 82 valence electrons. The van der Waals surface area contributed by atoms with E-state index in [9.17, 15) is 4.79 Å². The smallest absolute Gasteiger partial charge is 0.237 e. The van der Waals surface area contributed by atoms with E-state index in [4.69, 9.17) is 0 Å². The van der Waals surface area contributed by atoms with Crippen LogP contribution in [0.5, 0.6) is 0 Å². The molecule has 0 radical (unpaired) electrons. The summed E-state index contributed by atoms with van der Waals surface area (Å²) in [6.07, 6.45) is 3.64. The number of carbonyl (C=O) groups is 1. The monoisotopic (exact) mass is 198 g/mol. The minimum atomic E-state index is -0.0513. The Morgan fingerprint density at radius 2 is 2.07 bits per heavy atom. The lowest BCUT2D eigenvalue weighted by atomic mass is 10.2. The van der Waals surface area contributed by atoms with Crippen molar-refractivity contribution < 1.29 is 4.79 Å². The number of rotatable bonds is 6. The Hall–Kier alpha value is -0.570. The normalized spacial score (nSPS) is 20.2. The van der Waals surface area contributed by atoms with Gasteiger partial charge in [-0.1, -0.05) is 6.92 Å². The van der Waals surface area contributed by atoms with Gasteiger partial charge in [-0.3, -0.25) is 4.79 Å². The zero-order valence-corrected chi connectivity index (χ0v) is 9.47. The molecule has 0 heterocycles. The highest BCUT2D eigenvalue weighted by Gasteiger charge is 2.23. The molecule has 1 fully saturated rings. The van der Waals surface area contributed by atoms with Crippen LogP contribution in [0, 0.1) is 5.92 Å². The van der Waals surface area contributed by atoms with E-state index < -0.39 is 0 Å². The van der Waals surface area contributed by atoms with Crippen LogP contribution in [0.3, 0.4) is 0 Å². The van der Waals surface area contributed by atoms with Crippen molar-refractivity contribution in [1.29, 1.82) is 0 Å². The molecule has 2 unspecified atom stereocenters. The van der Waals surface area contributed by atoms with Crippen LogP contribution < -0.4 is 10.6 Å². The number of amides is 1. The molecule has 0 spiro atoms. The third kappa shape index (κ3) is 4.09. The van der Waals surface area contributed by atoms with Crippen LogP contribution >= 0.6 is 0 Å². The van der Waals surface area contributed by atoms with Crippen molar-refractivity contribution in [2.45, 2.75) is 52.1 Å². The number of nitrogens with one attached hydrogen (secondary N) is 2. The quantitative estimate of drug-likeness (QED) is 0.675. The summed E-state index contributed by atoms with van der Waals surface area (Å²) in [6, 6.07) is 0.234. The first-order valence-corrected chi connectivity index (χ1v) is 5.67. The molecule has 14 heavy (non-hydrogen) atoms. The summed E-state index contributed by atoms with van der Waals surface area (Å²) in [4.78, 5) is 11.6. The highest BCUT2D eigenvalue weighted by molar-refractivity contribution is 5.81. The maximum Gasteiger partial charge on any atom is 0.237 e. The standard InChI is InChI=1S/C11H22N2O/c1-4-8(2)13-11(14)9(3)12-7-10-5-6-10/h8-10,12H,4-7H2,1-3H3,(H,13,14). The molecule has 0 aromatic rings. The lowest BCUT2D eigenvalue weighted by Gasteiger charge is -2.17. The molecule has 1 aliphatic rings. The van der Waals surface area contributed by atoms with Gasteiger partial charge in [0.05, 0.1) is 6.04 Å². The van der Waals surface area contributed by atoms with Gasteiger partial charge in [0.1, 0.15) is 0 Å². The zero-order chi connectivity index (χ0) is 10.6. The van der Waals surface area contributed by atoms with Crippen LogP contribution in [-0.2, 0) is 4.79 Å². The zero-order valence-electron chi connectivity index (χ0n) is 9.47. The third-order valence-corrected chi connectivity index (χ3v) is 2.80. The fraction of sp³-hybridized carbons (Fsp3) is 0.909. The fourth-order valence-corrected chi connectivity index (χ4v) is 1.23. The molecule has 0 aromatic carbocycles. The molecule has 0 saturated heterocycles. The average molecular weight is 198 g/mol. The first-order chi connectivity index (χ1) is 6.63. The van der Waals surface area contributed by atoms with Crippen molar-refractivity contribution in [2.75, 3.05) is 6.54 Å². The second-order valence-corrected chi connectivity index (χ2v) is 4.39. The van der Waals surface area contributed by atoms with Gasteiger partial charge in [0.25, 0.3) is 0 Å². The summed E-state index contributed by atoms with van der Waals surface area (Å²) in [7, 11) is 0. The van der Waals surface area contributed by atoms with Gasteiger partial charge in [-0.05, 0) is 45.6 Å². The summed E-state index contributed by atoms with van der Waals surface area (Å²) in [5, 5.41) is 6.23. The Kier molecular flexibility index (Phi) is 4.39. The van der Waals surface area contributed by atoms with Crippen LogP contribution in [0.4, 0.5) is 0 Å². The highest BCUT2D eigenvalue weighted by atomic mass is 16.2. The van der Waals surface area contributed by atoms with E-state index in [1.54, 1.807) is 0 Å². The Labute approximate surface area is 86.6 Å². The summed E-state index contributed by atoms with van der Waals surface area (Å²) in [5.74, 6) is 0.953. The van der Waals surface area contributed by atoms with Gasteiger partial charge in [-0.25, -0.2) is 0 Å². The average Bonchev–Trinajstić information content (AvgIpc) is 2.97. The van der Waals surface area contributed by atoms with Gasteiger partial charge < -0.3 is 10.6 Å². The molecule has 3 nitrogen and oxygen atoms in total. The molecular formula is C11H22N2O. The van der Waals surface area contributed by atoms with Gasteiger partial charge in [0, 0.05) is 6.04 Å². The van der Waals surface area contributed by atoms with Crippen molar-refractivity contribution in [3.63, 3.8) is 0 Å². The minimum absolute atomic E-state index is 0.0513. The largest absolute Gasteiger partial charge is 0.352 e. The van der Waals surface area contributed by atoms with Gasteiger partial charge in [-0.15, -0.1) is 0 Å². The third-order valence-electron chi connectivity index (χ3n) is 2.80. The Bertz CT molecular complexity index is 190. The summed E-state index contributed by atoms with van der Waals surface area (Å²) in [6.45, 7) is 7.04. The lowest BCUT2D eigenvalue weighted by molar-refractivity contribution is -0.123. The van der Waals surface area contributed by atoms with Gasteiger partial charge >= 0.3 is 0 Å². The Morgan fingerprint density at radius 1 is 1.43 bits per heavy atom. The van der Waals surface area contributed by atoms with E-state index in [0.29, 0.717) is 0 Å². The second kappa shape index (κ2) is 5.35. The van der Waals surface area contributed by atoms with Crippen molar-refractivity contribution in [1.82, 2.24) is 10.6 Å². The molecule has 1 amide bonds. The molecule has 0 aliphatic heterocycles. The molecule has 2 N–H and O–H groups in total. The highest BCUT2D eigenvalue weighted by Crippen LogP contribution is 2.27. The van der Waals surface area contributed by atoms with E-state index in [2.05, 4.69) is 17.6 Å². The summed E-state index contributed by atoms with van der Waals surface area (Å²) in [5.41, 5.74) is 0. The van der Waals surface area contributed by atoms with Gasteiger partial charge in [0.15, 0.2) is 0 Å². The Balaban J connectivity index is 2.13. The fourth-order valence-electron chi connectivity index (χ4n) is 1.23. The number of hydrogen-bond donors (Lipinski definition) is 2. The van der Waals surface area contributed by atoms with Crippen molar-refractivity contribution >= 4 is 5.91 Å². The molecular weight excluding hydrogens is 176 g/mol. The first-order valence-electron chi connectivity index (χ1n) is 5.67. The first kappa shape index (κ1) is 11.5. The van der Waals surface area contributed by atoms with Gasteiger partial charge in [0.2, 0.25) is 5.91 Å². The predicted octanol–water partition coefficient (Wildman–Crippen LogP) is 1.29. The maximum atomic E-state index is 11.6. The molecule has 1 aliphatic carbocycles. The van der Waals surface area contributed by atoms with Crippen molar-refractivity contribution in [2.24, 2.45) is 5.92 Å². The summed E-state index contributed by atoms with van der Waals surface area (Å²) < 4.78 is 0. The predicted molar refractivity (Wildman–Crippen MR) is 58.1 cm³/mol. The SMILES string of the molecule is CCC(C)NC(=O)C(C)NCC1CC1. The molecule has 1 saturated carbocycles. The molecule has 0 bridgehead atoms. The van der Waals surface area contributed by atoms with Crippen LogP contribution in [-0.4, -0.2) is 24.5 Å². The summed E-state index contributed by atoms with van der Waals surface area (Å²) >= 11 is 0. The minimum Gasteiger partial charge on any atom is -0.352 e.